The number of nitrogens with one attached hydrogen (secondary N) is 1. The first-order valence-corrected chi connectivity index (χ1v) is 12.1. The number of carboxylic acid groups (broad SMARTS) is 1. The van der Waals surface area contributed by atoms with Gasteiger partial charge >= 0.3 is 5.97 Å². The number of carbonyl (C=O) groups is 1. The summed E-state index contributed by atoms with van der Waals surface area (Å²) in [5.74, 6) is -0.0147. The molecule has 0 radical (unpaired) electrons. The first-order valence-electron chi connectivity index (χ1n) is 12.1. The number of aromatic nitrogens is 1. The van der Waals surface area contributed by atoms with Crippen molar-refractivity contribution in [1.82, 2.24) is 4.98 Å². The van der Waals surface area contributed by atoms with Gasteiger partial charge in [-0.3, -0.25) is 0 Å². The maximum atomic E-state index is 11.2. The Bertz CT molecular complexity index is 1400. The van der Waals surface area contributed by atoms with Crippen LogP contribution in [0, 0.1) is 6.92 Å². The van der Waals surface area contributed by atoms with Crippen molar-refractivity contribution in [2.45, 2.75) is 39.2 Å². The van der Waals surface area contributed by atoms with E-state index in [9.17, 15) is 4.79 Å². The summed E-state index contributed by atoms with van der Waals surface area (Å²) in [5.41, 5.74) is 8.64. The lowest BCUT2D eigenvalue weighted by atomic mass is 9.84. The molecular formula is C31H29NO3. The van der Waals surface area contributed by atoms with Crippen LogP contribution in [0.5, 0.6) is 5.75 Å². The zero-order valence-corrected chi connectivity index (χ0v) is 20.3. The highest BCUT2D eigenvalue weighted by Crippen LogP contribution is 2.43. The van der Waals surface area contributed by atoms with Gasteiger partial charge in [-0.25, -0.2) is 4.79 Å². The van der Waals surface area contributed by atoms with Crippen molar-refractivity contribution >= 4 is 11.5 Å². The molecule has 0 saturated heterocycles. The first kappa shape index (κ1) is 22.7. The van der Waals surface area contributed by atoms with Crippen LogP contribution in [0.3, 0.4) is 0 Å². The van der Waals surface area contributed by atoms with Crippen molar-refractivity contribution in [1.29, 1.82) is 0 Å². The normalized spacial score (nSPS) is 14.1. The number of fused-ring (bicyclic) bond motifs is 1. The topological polar surface area (TPSA) is 62.3 Å². The molecule has 0 aliphatic carbocycles. The van der Waals surface area contributed by atoms with Crippen molar-refractivity contribution in [2.24, 2.45) is 0 Å². The molecule has 1 aliphatic rings. The van der Waals surface area contributed by atoms with Gasteiger partial charge in [-0.15, -0.1) is 0 Å². The Morgan fingerprint density at radius 2 is 1.43 bits per heavy atom. The summed E-state index contributed by atoms with van der Waals surface area (Å²) >= 11 is 0. The SMILES string of the molecule is CCC1(CC)C=C(c2ccc(C)cc2)c2cc(-c3ccc(-c4ccc(C(=O)O)cc4)[nH]3)ccc2O1. The van der Waals surface area contributed by atoms with Crippen LogP contribution in [0.4, 0.5) is 0 Å². The molecule has 176 valence electrons. The summed E-state index contributed by atoms with van der Waals surface area (Å²) in [4.78, 5) is 14.7. The van der Waals surface area contributed by atoms with E-state index in [1.807, 2.05) is 18.2 Å². The fraction of sp³-hybridized carbons (Fsp3) is 0.194. The summed E-state index contributed by atoms with van der Waals surface area (Å²) in [5, 5.41) is 9.15. The number of aryl methyl sites for hydroxylation is 1. The van der Waals surface area contributed by atoms with Crippen molar-refractivity contribution in [3.8, 4) is 28.3 Å². The van der Waals surface area contributed by atoms with E-state index < -0.39 is 5.97 Å². The number of aromatic amines is 1. The van der Waals surface area contributed by atoms with E-state index >= 15 is 0 Å². The molecule has 0 amide bonds. The third-order valence-electron chi connectivity index (χ3n) is 6.99. The predicted octanol–water partition coefficient (Wildman–Crippen LogP) is 7.74. The van der Waals surface area contributed by atoms with Gasteiger partial charge in [0.05, 0.1) is 5.56 Å². The summed E-state index contributed by atoms with van der Waals surface area (Å²) in [6, 6.07) is 26.0. The fourth-order valence-electron chi connectivity index (χ4n) is 4.68. The fourth-order valence-corrected chi connectivity index (χ4v) is 4.68. The number of ether oxygens (including phenoxy) is 1. The van der Waals surface area contributed by atoms with Gasteiger partial charge in [0.2, 0.25) is 0 Å². The molecule has 0 atom stereocenters. The second-order valence-corrected chi connectivity index (χ2v) is 9.18. The van der Waals surface area contributed by atoms with Crippen LogP contribution in [-0.2, 0) is 0 Å². The zero-order valence-electron chi connectivity index (χ0n) is 20.3. The number of H-pyrrole nitrogens is 1. The standard InChI is InChI=1S/C31H29NO3/c1-4-31(5-2)19-26(21-8-6-20(3)7-9-21)25-18-24(14-17-29(25)35-31)28-16-15-27(32-28)22-10-12-23(13-11-22)30(33)34/h6-19,32H,4-5H2,1-3H3,(H,33,34). The third kappa shape index (κ3) is 4.28. The molecule has 0 fully saturated rings. The smallest absolute Gasteiger partial charge is 0.335 e. The van der Waals surface area contributed by atoms with Gasteiger partial charge in [0, 0.05) is 17.0 Å². The molecule has 2 N–H and O–H groups in total. The largest absolute Gasteiger partial charge is 0.483 e. The second-order valence-electron chi connectivity index (χ2n) is 9.18. The van der Waals surface area contributed by atoms with Crippen LogP contribution >= 0.6 is 0 Å². The number of carboxylic acids is 1. The number of aromatic carboxylic acids is 1. The highest BCUT2D eigenvalue weighted by molar-refractivity contribution is 5.89. The molecule has 0 unspecified atom stereocenters. The first-order chi connectivity index (χ1) is 16.9. The quantitative estimate of drug-likeness (QED) is 0.307. The Labute approximate surface area is 205 Å². The highest BCUT2D eigenvalue weighted by atomic mass is 16.5. The van der Waals surface area contributed by atoms with Gasteiger partial charge in [-0.05, 0) is 90.6 Å². The summed E-state index contributed by atoms with van der Waals surface area (Å²) < 4.78 is 6.55. The molecule has 1 aromatic heterocycles. The number of rotatable bonds is 6. The minimum Gasteiger partial charge on any atom is -0.483 e. The maximum Gasteiger partial charge on any atom is 0.335 e. The van der Waals surface area contributed by atoms with E-state index in [4.69, 9.17) is 9.84 Å². The van der Waals surface area contributed by atoms with Crippen molar-refractivity contribution in [2.75, 3.05) is 0 Å². The van der Waals surface area contributed by atoms with E-state index in [1.165, 1.54) is 16.7 Å². The monoisotopic (exact) mass is 463 g/mol. The van der Waals surface area contributed by atoms with E-state index in [2.05, 4.69) is 80.4 Å². The molecule has 4 aromatic rings. The molecule has 5 rings (SSSR count). The molecule has 1 aliphatic heterocycles. The van der Waals surface area contributed by atoms with Gasteiger partial charge in [-0.2, -0.15) is 0 Å². The molecular weight excluding hydrogens is 434 g/mol. The minimum atomic E-state index is -0.924. The molecule has 3 aromatic carbocycles. The third-order valence-corrected chi connectivity index (χ3v) is 6.99. The molecule has 4 nitrogen and oxygen atoms in total. The Hall–Kier alpha value is -4.05. The Balaban J connectivity index is 1.55. The molecule has 0 saturated carbocycles. The summed E-state index contributed by atoms with van der Waals surface area (Å²) in [7, 11) is 0. The van der Waals surface area contributed by atoms with Crippen LogP contribution < -0.4 is 4.74 Å². The Kier molecular flexibility index (Phi) is 5.81. The molecule has 4 heteroatoms. The van der Waals surface area contributed by atoms with Crippen LogP contribution in [0.25, 0.3) is 28.1 Å². The van der Waals surface area contributed by atoms with E-state index in [0.717, 1.165) is 46.7 Å². The van der Waals surface area contributed by atoms with Crippen LogP contribution in [0.2, 0.25) is 0 Å². The van der Waals surface area contributed by atoms with Crippen molar-refractivity contribution < 1.29 is 14.6 Å². The zero-order chi connectivity index (χ0) is 24.6. The molecule has 0 bridgehead atoms. The lowest BCUT2D eigenvalue weighted by Gasteiger charge is -2.36. The van der Waals surface area contributed by atoms with Crippen LogP contribution in [0.15, 0.2) is 84.9 Å². The van der Waals surface area contributed by atoms with Gasteiger partial charge < -0.3 is 14.8 Å². The maximum absolute atomic E-state index is 11.2. The Morgan fingerprint density at radius 1 is 0.829 bits per heavy atom. The van der Waals surface area contributed by atoms with Gasteiger partial charge in [-0.1, -0.05) is 55.8 Å². The van der Waals surface area contributed by atoms with Crippen LogP contribution in [0.1, 0.15) is 53.7 Å². The number of hydrogen-bond acceptors (Lipinski definition) is 2. The average molecular weight is 464 g/mol. The van der Waals surface area contributed by atoms with Crippen molar-refractivity contribution in [3.05, 3.63) is 107 Å². The minimum absolute atomic E-state index is 0.279. The highest BCUT2D eigenvalue weighted by Gasteiger charge is 2.33. The lowest BCUT2D eigenvalue weighted by molar-refractivity contribution is 0.0697. The molecule has 2 heterocycles. The van der Waals surface area contributed by atoms with E-state index in [-0.39, 0.29) is 11.2 Å². The van der Waals surface area contributed by atoms with Gasteiger partial charge in [0.15, 0.2) is 0 Å². The van der Waals surface area contributed by atoms with Crippen LogP contribution in [-0.4, -0.2) is 21.7 Å². The number of hydrogen-bond donors (Lipinski definition) is 2. The summed E-state index contributed by atoms with van der Waals surface area (Å²) in [6.07, 6.45) is 4.11. The average Bonchev–Trinajstić information content (AvgIpc) is 3.39. The molecule has 0 spiro atoms. The van der Waals surface area contributed by atoms with E-state index in [1.54, 1.807) is 12.1 Å². The van der Waals surface area contributed by atoms with Gasteiger partial charge in [0.25, 0.3) is 0 Å². The van der Waals surface area contributed by atoms with Gasteiger partial charge in [0.1, 0.15) is 11.4 Å². The van der Waals surface area contributed by atoms with E-state index in [0.29, 0.717) is 0 Å². The second kappa shape index (κ2) is 8.95. The predicted molar refractivity (Wildman–Crippen MR) is 141 cm³/mol. The Morgan fingerprint density at radius 3 is 2.06 bits per heavy atom. The molecule has 35 heavy (non-hydrogen) atoms. The lowest BCUT2D eigenvalue weighted by Crippen LogP contribution is -2.35. The number of benzene rings is 3. The summed E-state index contributed by atoms with van der Waals surface area (Å²) in [6.45, 7) is 6.46. The van der Waals surface area contributed by atoms with Crippen molar-refractivity contribution in [3.63, 3.8) is 0 Å².